The van der Waals surface area contributed by atoms with Gasteiger partial charge in [-0.15, -0.1) is 11.3 Å². The van der Waals surface area contributed by atoms with Crippen LogP contribution in [0.2, 0.25) is 0 Å². The minimum atomic E-state index is -0.123. The SMILES string of the molecule is O=C(Cc1ccc(Br)cc1)Nc1ccsc1C(=O)NCC1CC1. The average Bonchev–Trinajstić information content (AvgIpc) is 3.25. The number of benzene rings is 1. The number of hydrogen-bond acceptors (Lipinski definition) is 3. The van der Waals surface area contributed by atoms with Crippen molar-refractivity contribution in [1.82, 2.24) is 5.32 Å². The van der Waals surface area contributed by atoms with Crippen molar-refractivity contribution in [2.24, 2.45) is 5.92 Å². The summed E-state index contributed by atoms with van der Waals surface area (Å²) in [4.78, 5) is 24.9. The van der Waals surface area contributed by atoms with Crippen LogP contribution in [0, 0.1) is 5.92 Å². The zero-order valence-electron chi connectivity index (χ0n) is 12.5. The third-order valence-electron chi connectivity index (χ3n) is 3.67. The van der Waals surface area contributed by atoms with E-state index in [1.165, 1.54) is 24.2 Å². The van der Waals surface area contributed by atoms with Crippen LogP contribution in [0.1, 0.15) is 28.1 Å². The molecule has 2 N–H and O–H groups in total. The van der Waals surface area contributed by atoms with E-state index >= 15 is 0 Å². The second-order valence-corrected chi connectivity index (χ2v) is 7.50. The molecular formula is C17H17BrN2O2S. The van der Waals surface area contributed by atoms with Gasteiger partial charge in [0.15, 0.2) is 0 Å². The number of carbonyl (C=O) groups is 2. The molecule has 0 aliphatic heterocycles. The first-order chi connectivity index (χ1) is 11.1. The maximum atomic E-state index is 12.2. The highest BCUT2D eigenvalue weighted by molar-refractivity contribution is 9.10. The fourth-order valence-electron chi connectivity index (χ4n) is 2.20. The lowest BCUT2D eigenvalue weighted by molar-refractivity contribution is -0.115. The molecule has 1 saturated carbocycles. The van der Waals surface area contributed by atoms with Crippen molar-refractivity contribution in [1.29, 1.82) is 0 Å². The van der Waals surface area contributed by atoms with Gasteiger partial charge in [-0.2, -0.15) is 0 Å². The highest BCUT2D eigenvalue weighted by Gasteiger charge is 2.23. The van der Waals surface area contributed by atoms with Gasteiger partial charge in [-0.05, 0) is 47.9 Å². The van der Waals surface area contributed by atoms with Crippen molar-refractivity contribution >= 4 is 44.8 Å². The maximum Gasteiger partial charge on any atom is 0.263 e. The summed E-state index contributed by atoms with van der Waals surface area (Å²) in [5.74, 6) is 0.405. The van der Waals surface area contributed by atoms with E-state index in [-0.39, 0.29) is 18.2 Å². The first-order valence-electron chi connectivity index (χ1n) is 7.52. The van der Waals surface area contributed by atoms with Crippen LogP contribution in [0.5, 0.6) is 0 Å². The number of amides is 2. The Bertz CT molecular complexity index is 708. The smallest absolute Gasteiger partial charge is 0.263 e. The minimum Gasteiger partial charge on any atom is -0.351 e. The van der Waals surface area contributed by atoms with Crippen LogP contribution >= 0.6 is 27.3 Å². The Morgan fingerprint density at radius 1 is 1.17 bits per heavy atom. The molecule has 0 atom stereocenters. The molecule has 0 unspecified atom stereocenters. The van der Waals surface area contributed by atoms with Gasteiger partial charge in [0.2, 0.25) is 5.91 Å². The van der Waals surface area contributed by atoms with E-state index in [0.717, 1.165) is 16.6 Å². The Morgan fingerprint density at radius 3 is 2.61 bits per heavy atom. The topological polar surface area (TPSA) is 58.2 Å². The molecule has 6 heteroatoms. The third kappa shape index (κ3) is 4.65. The third-order valence-corrected chi connectivity index (χ3v) is 5.11. The Kier molecular flexibility index (Phi) is 5.13. The Hall–Kier alpha value is -1.66. The van der Waals surface area contributed by atoms with Gasteiger partial charge in [0.05, 0.1) is 12.1 Å². The molecule has 2 aromatic rings. The van der Waals surface area contributed by atoms with Crippen molar-refractivity contribution in [2.45, 2.75) is 19.3 Å². The first kappa shape index (κ1) is 16.2. The van der Waals surface area contributed by atoms with Crippen LogP contribution in [-0.4, -0.2) is 18.4 Å². The molecule has 0 radical (unpaired) electrons. The lowest BCUT2D eigenvalue weighted by Crippen LogP contribution is -2.26. The van der Waals surface area contributed by atoms with Gasteiger partial charge in [-0.1, -0.05) is 28.1 Å². The van der Waals surface area contributed by atoms with Crippen molar-refractivity contribution in [3.63, 3.8) is 0 Å². The van der Waals surface area contributed by atoms with E-state index in [1.807, 2.05) is 29.6 Å². The molecule has 2 amide bonds. The minimum absolute atomic E-state index is 0.106. The average molecular weight is 393 g/mol. The molecule has 0 saturated heterocycles. The number of thiophene rings is 1. The van der Waals surface area contributed by atoms with E-state index in [9.17, 15) is 9.59 Å². The van der Waals surface area contributed by atoms with Gasteiger partial charge in [0.1, 0.15) is 4.88 Å². The van der Waals surface area contributed by atoms with E-state index in [0.29, 0.717) is 16.5 Å². The second kappa shape index (κ2) is 7.27. The number of halogens is 1. The zero-order valence-corrected chi connectivity index (χ0v) is 14.9. The van der Waals surface area contributed by atoms with Crippen LogP contribution in [0.4, 0.5) is 5.69 Å². The fraction of sp³-hybridized carbons (Fsp3) is 0.294. The molecule has 1 fully saturated rings. The highest BCUT2D eigenvalue weighted by atomic mass is 79.9. The summed E-state index contributed by atoms with van der Waals surface area (Å²) in [6, 6.07) is 9.39. The number of carbonyl (C=O) groups excluding carboxylic acids is 2. The van der Waals surface area contributed by atoms with Gasteiger partial charge >= 0.3 is 0 Å². The monoisotopic (exact) mass is 392 g/mol. The van der Waals surface area contributed by atoms with E-state index < -0.39 is 0 Å². The standard InChI is InChI=1S/C17H17BrN2O2S/c18-13-5-3-11(4-6-13)9-15(21)20-14-7-8-23-16(14)17(22)19-10-12-1-2-12/h3-8,12H,1-2,9-10H2,(H,19,22)(H,20,21). The van der Waals surface area contributed by atoms with Crippen molar-refractivity contribution in [2.75, 3.05) is 11.9 Å². The molecule has 1 aliphatic carbocycles. The van der Waals surface area contributed by atoms with Crippen molar-refractivity contribution in [3.05, 3.63) is 50.6 Å². The quantitative estimate of drug-likeness (QED) is 0.784. The largest absolute Gasteiger partial charge is 0.351 e. The molecule has 4 nitrogen and oxygen atoms in total. The van der Waals surface area contributed by atoms with Crippen molar-refractivity contribution in [3.8, 4) is 0 Å². The summed E-state index contributed by atoms with van der Waals surface area (Å²) in [5.41, 5.74) is 1.52. The van der Waals surface area contributed by atoms with Gasteiger partial charge in [-0.3, -0.25) is 9.59 Å². The van der Waals surface area contributed by atoms with E-state index in [4.69, 9.17) is 0 Å². The normalized spacial score (nSPS) is 13.6. The highest BCUT2D eigenvalue weighted by Crippen LogP contribution is 2.28. The van der Waals surface area contributed by atoms with Crippen LogP contribution < -0.4 is 10.6 Å². The number of hydrogen-bond donors (Lipinski definition) is 2. The van der Waals surface area contributed by atoms with Gasteiger partial charge in [0, 0.05) is 11.0 Å². The summed E-state index contributed by atoms with van der Waals surface area (Å²) in [5, 5.41) is 7.59. The fourth-order valence-corrected chi connectivity index (χ4v) is 3.23. The number of anilines is 1. The molecule has 3 rings (SSSR count). The van der Waals surface area contributed by atoms with E-state index in [2.05, 4.69) is 26.6 Å². The number of nitrogens with one attached hydrogen (secondary N) is 2. The van der Waals surface area contributed by atoms with Gasteiger partial charge in [0.25, 0.3) is 5.91 Å². The molecule has 1 aromatic carbocycles. The molecule has 1 heterocycles. The molecular weight excluding hydrogens is 376 g/mol. The Morgan fingerprint density at radius 2 is 1.91 bits per heavy atom. The van der Waals surface area contributed by atoms with E-state index in [1.54, 1.807) is 6.07 Å². The molecule has 23 heavy (non-hydrogen) atoms. The summed E-state index contributed by atoms with van der Waals surface area (Å²) in [6.45, 7) is 0.725. The second-order valence-electron chi connectivity index (χ2n) is 5.67. The van der Waals surface area contributed by atoms with Crippen LogP contribution in [0.3, 0.4) is 0 Å². The molecule has 1 aromatic heterocycles. The van der Waals surface area contributed by atoms with Crippen molar-refractivity contribution < 1.29 is 9.59 Å². The predicted octanol–water partition coefficient (Wildman–Crippen LogP) is 3.83. The lowest BCUT2D eigenvalue weighted by atomic mass is 10.1. The molecule has 0 spiro atoms. The van der Waals surface area contributed by atoms with Crippen LogP contribution in [0.25, 0.3) is 0 Å². The molecule has 120 valence electrons. The first-order valence-corrected chi connectivity index (χ1v) is 9.19. The number of rotatable bonds is 6. The molecule has 1 aliphatic rings. The molecule has 0 bridgehead atoms. The summed E-state index contributed by atoms with van der Waals surface area (Å²) in [7, 11) is 0. The maximum absolute atomic E-state index is 12.2. The van der Waals surface area contributed by atoms with Crippen LogP contribution in [-0.2, 0) is 11.2 Å². The van der Waals surface area contributed by atoms with Crippen LogP contribution in [0.15, 0.2) is 40.2 Å². The summed E-state index contributed by atoms with van der Waals surface area (Å²) < 4.78 is 0.981. The Labute approximate surface area is 147 Å². The zero-order chi connectivity index (χ0) is 16.2. The lowest BCUT2D eigenvalue weighted by Gasteiger charge is -2.07. The predicted molar refractivity (Wildman–Crippen MR) is 95.9 cm³/mol. The van der Waals surface area contributed by atoms with Gasteiger partial charge < -0.3 is 10.6 Å². The van der Waals surface area contributed by atoms with Gasteiger partial charge in [-0.25, -0.2) is 0 Å². The summed E-state index contributed by atoms with van der Waals surface area (Å²) >= 11 is 4.72. The summed E-state index contributed by atoms with van der Waals surface area (Å²) in [6.07, 6.45) is 2.68. The Balaban J connectivity index is 1.58.